The average Bonchev–Trinajstić information content (AvgIpc) is 3.23. The third kappa shape index (κ3) is 17.2. The number of hydrogen-bond acceptors (Lipinski definition) is 9. The highest BCUT2D eigenvalue weighted by Crippen LogP contribution is 2.52. The molecule has 0 spiro atoms. The van der Waals surface area contributed by atoms with E-state index in [0.717, 1.165) is 49.7 Å². The number of nitrogens with zero attached hydrogens (tertiary/aromatic N) is 1. The predicted molar refractivity (Wildman–Crippen MR) is 235 cm³/mol. The first-order chi connectivity index (χ1) is 29.5. The third-order valence-electron chi connectivity index (χ3n) is 11.4. The Hall–Kier alpha value is -5.87. The summed E-state index contributed by atoms with van der Waals surface area (Å²) in [5, 5.41) is 13.9. The molecule has 17 nitrogen and oxygen atoms in total. The van der Waals surface area contributed by atoms with Crippen LogP contribution in [0.15, 0.2) is 65.7 Å². The van der Waals surface area contributed by atoms with Crippen LogP contribution < -0.4 is 43.8 Å². The van der Waals surface area contributed by atoms with Crippen molar-refractivity contribution >= 4 is 41.8 Å². The molecule has 3 aliphatic rings. The van der Waals surface area contributed by atoms with E-state index in [4.69, 9.17) is 26.7 Å². The number of amides is 6. The summed E-state index contributed by atoms with van der Waals surface area (Å²) in [6.07, 6.45) is 6.44. The average molecular weight is 862 g/mol. The first-order valence-electron chi connectivity index (χ1n) is 21.7. The number of aliphatic imine (C=N–C) groups is 1. The van der Waals surface area contributed by atoms with E-state index in [-0.39, 0.29) is 50.3 Å². The van der Waals surface area contributed by atoms with Gasteiger partial charge in [-0.1, -0.05) is 60.7 Å². The van der Waals surface area contributed by atoms with Crippen LogP contribution in [0.1, 0.15) is 109 Å². The molecule has 0 saturated heterocycles. The summed E-state index contributed by atoms with van der Waals surface area (Å²) in [6.45, 7) is 5.71. The Morgan fingerprint density at radius 1 is 0.694 bits per heavy atom. The third-order valence-corrected chi connectivity index (χ3v) is 11.4. The first kappa shape index (κ1) is 48.8. The fourth-order valence-corrected chi connectivity index (χ4v) is 8.11. The Bertz CT molecular complexity index is 1800. The van der Waals surface area contributed by atoms with Gasteiger partial charge in [0.2, 0.25) is 23.6 Å². The molecule has 2 aromatic rings. The quantitative estimate of drug-likeness (QED) is 0.0457. The number of benzene rings is 2. The van der Waals surface area contributed by atoms with Gasteiger partial charge in [-0.25, -0.2) is 9.59 Å². The predicted octanol–water partition coefficient (Wildman–Crippen LogP) is 3.57. The lowest BCUT2D eigenvalue weighted by Crippen LogP contribution is -2.59. The van der Waals surface area contributed by atoms with E-state index in [1.807, 2.05) is 60.7 Å². The number of carbonyl (C=O) groups is 6. The molecule has 2 aromatic carbocycles. The fraction of sp³-hybridized carbons (Fsp3) is 0.578. The van der Waals surface area contributed by atoms with Gasteiger partial charge in [-0.05, 0) is 120 Å². The molecule has 6 amide bonds. The Labute approximate surface area is 364 Å². The number of primary amides is 1. The van der Waals surface area contributed by atoms with Crippen LogP contribution in [0, 0.1) is 11.3 Å². The van der Waals surface area contributed by atoms with E-state index in [1.54, 1.807) is 20.8 Å². The summed E-state index contributed by atoms with van der Waals surface area (Å²) in [7, 11) is 0. The lowest BCUT2D eigenvalue weighted by atomic mass is 9.58. The Morgan fingerprint density at radius 3 is 1.84 bits per heavy atom. The SMILES string of the molecule is CC(C)(C)OC(=O)N[C@@H](Cc1ccccc1)C(=O)N[C@@H](CCCN=C(N)N)C(=O)N[C@@H](CC12CCC(CC1)CC2)C(=O)N[C@@H](CCCCNC(=O)OCc1ccccc1)C(N)=O. The number of ether oxygens (including phenoxy) is 2. The molecular formula is C45H67N9O8. The summed E-state index contributed by atoms with van der Waals surface area (Å²) in [4.78, 5) is 84.5. The van der Waals surface area contributed by atoms with Crippen LogP contribution in [0.25, 0.3) is 0 Å². The van der Waals surface area contributed by atoms with Crippen LogP contribution in [0.4, 0.5) is 9.59 Å². The molecule has 3 aliphatic carbocycles. The zero-order valence-corrected chi connectivity index (χ0v) is 36.4. The van der Waals surface area contributed by atoms with Gasteiger partial charge >= 0.3 is 12.2 Å². The van der Waals surface area contributed by atoms with Gasteiger partial charge in [-0.2, -0.15) is 0 Å². The highest BCUT2D eigenvalue weighted by Gasteiger charge is 2.44. The van der Waals surface area contributed by atoms with E-state index in [0.29, 0.717) is 31.6 Å². The van der Waals surface area contributed by atoms with Crippen molar-refractivity contribution in [3.8, 4) is 0 Å². The maximum atomic E-state index is 14.4. The van der Waals surface area contributed by atoms with Crippen molar-refractivity contribution in [1.82, 2.24) is 26.6 Å². The maximum absolute atomic E-state index is 14.4. The molecule has 0 heterocycles. The van der Waals surface area contributed by atoms with E-state index >= 15 is 0 Å². The number of alkyl carbamates (subject to hydrolysis) is 2. The van der Waals surface area contributed by atoms with Crippen molar-refractivity contribution in [2.75, 3.05) is 13.1 Å². The Kier molecular flexibility index (Phi) is 18.8. The van der Waals surface area contributed by atoms with Gasteiger partial charge in [-0.15, -0.1) is 0 Å². The normalized spacial score (nSPS) is 18.7. The van der Waals surface area contributed by atoms with Gasteiger partial charge in [-0.3, -0.25) is 24.2 Å². The van der Waals surface area contributed by atoms with Gasteiger partial charge in [0.25, 0.3) is 0 Å². The van der Waals surface area contributed by atoms with Crippen molar-refractivity contribution in [2.24, 2.45) is 33.5 Å². The van der Waals surface area contributed by atoms with Crippen LogP contribution in [-0.4, -0.2) is 84.6 Å². The standard InChI is InChI=1S/C45H67N9O8/c1-44(2,3)62-43(60)54-35(27-31-13-6-4-7-14-31)39(57)52-34(18-12-26-49-41(47)48)38(56)53-36(28-45-22-19-30(20-23-45)21-24-45)40(58)51-33(37(46)55)17-10-11-25-50-42(59)61-29-32-15-8-5-9-16-32/h4-9,13-16,30,33-36H,10-12,17-29H2,1-3H3,(H2,46,55)(H,50,59)(H,51,58)(H,52,57)(H,53,56)(H,54,60)(H4,47,48,49)/t30?,33-,34-,35-,36-,45?/m0/s1. The maximum Gasteiger partial charge on any atom is 0.408 e. The largest absolute Gasteiger partial charge is 0.445 e. The lowest BCUT2D eigenvalue weighted by molar-refractivity contribution is -0.135. The number of carbonyl (C=O) groups excluding carboxylic acids is 6. The summed E-state index contributed by atoms with van der Waals surface area (Å²) >= 11 is 0. The molecule has 4 atom stereocenters. The highest BCUT2D eigenvalue weighted by atomic mass is 16.6. The van der Waals surface area contributed by atoms with Gasteiger partial charge < -0.3 is 53.3 Å². The van der Waals surface area contributed by atoms with Crippen molar-refractivity contribution in [3.05, 3.63) is 71.8 Å². The molecular weight excluding hydrogens is 795 g/mol. The van der Waals surface area contributed by atoms with Crippen LogP contribution in [0.5, 0.6) is 0 Å². The molecule has 0 aromatic heterocycles. The second kappa shape index (κ2) is 23.9. The van der Waals surface area contributed by atoms with Crippen LogP contribution in [0.2, 0.25) is 0 Å². The number of rotatable bonds is 23. The first-order valence-corrected chi connectivity index (χ1v) is 21.7. The summed E-state index contributed by atoms with van der Waals surface area (Å²) in [6, 6.07) is 14.0. The molecule has 11 N–H and O–H groups in total. The second-order valence-electron chi connectivity index (χ2n) is 17.6. The van der Waals surface area contributed by atoms with E-state index in [1.165, 1.54) is 0 Å². The fourth-order valence-electron chi connectivity index (χ4n) is 8.11. The Balaban J connectivity index is 1.47. The lowest BCUT2D eigenvalue weighted by Gasteiger charge is -2.48. The summed E-state index contributed by atoms with van der Waals surface area (Å²) < 4.78 is 10.7. The van der Waals surface area contributed by atoms with Crippen molar-refractivity contribution in [1.29, 1.82) is 0 Å². The van der Waals surface area contributed by atoms with Crippen LogP contribution >= 0.6 is 0 Å². The molecule has 2 bridgehead atoms. The molecule has 3 saturated carbocycles. The van der Waals surface area contributed by atoms with Gasteiger partial charge in [0, 0.05) is 19.5 Å². The van der Waals surface area contributed by atoms with E-state index in [9.17, 15) is 28.8 Å². The van der Waals surface area contributed by atoms with E-state index < -0.39 is 65.6 Å². The van der Waals surface area contributed by atoms with Crippen molar-refractivity contribution < 1.29 is 38.2 Å². The number of nitrogens with one attached hydrogen (secondary N) is 5. The minimum Gasteiger partial charge on any atom is -0.445 e. The topological polar surface area (TPSA) is 271 Å². The molecule has 0 aliphatic heterocycles. The molecule has 17 heteroatoms. The molecule has 3 fully saturated rings. The molecule has 0 unspecified atom stereocenters. The zero-order chi connectivity index (χ0) is 45.1. The highest BCUT2D eigenvalue weighted by molar-refractivity contribution is 5.95. The van der Waals surface area contributed by atoms with Crippen LogP contribution in [-0.2, 0) is 41.7 Å². The van der Waals surface area contributed by atoms with Gasteiger partial charge in [0.15, 0.2) is 5.96 Å². The smallest absolute Gasteiger partial charge is 0.408 e. The number of guanidine groups is 1. The number of fused-ring (bicyclic) bond motifs is 3. The second-order valence-corrected chi connectivity index (χ2v) is 17.6. The number of nitrogens with two attached hydrogens (primary N) is 3. The summed E-state index contributed by atoms with van der Waals surface area (Å²) in [5.41, 5.74) is 17.5. The monoisotopic (exact) mass is 862 g/mol. The summed E-state index contributed by atoms with van der Waals surface area (Å²) in [5.74, 6) is -2.03. The molecule has 0 radical (unpaired) electrons. The Morgan fingerprint density at radius 2 is 1.24 bits per heavy atom. The molecule has 5 rings (SSSR count). The molecule has 62 heavy (non-hydrogen) atoms. The van der Waals surface area contributed by atoms with Gasteiger partial charge in [0.1, 0.15) is 36.4 Å². The minimum absolute atomic E-state index is 0.0950. The van der Waals surface area contributed by atoms with Crippen molar-refractivity contribution in [3.63, 3.8) is 0 Å². The van der Waals surface area contributed by atoms with E-state index in [2.05, 4.69) is 31.6 Å². The van der Waals surface area contributed by atoms with Crippen molar-refractivity contribution in [2.45, 2.75) is 141 Å². The minimum atomic E-state index is -1.16. The number of hydrogen-bond donors (Lipinski definition) is 8. The molecule has 340 valence electrons. The zero-order valence-electron chi connectivity index (χ0n) is 36.4. The van der Waals surface area contributed by atoms with Crippen LogP contribution in [0.3, 0.4) is 0 Å². The number of unbranched alkanes of at least 4 members (excludes halogenated alkanes) is 1. The van der Waals surface area contributed by atoms with Gasteiger partial charge in [0.05, 0.1) is 0 Å².